The lowest BCUT2D eigenvalue weighted by Crippen LogP contribution is -1.84. The minimum absolute atomic E-state index is 0.413. The summed E-state index contributed by atoms with van der Waals surface area (Å²) >= 11 is 0. The molecule has 0 atom stereocenters. The molecule has 1 aromatic carbocycles. The van der Waals surface area contributed by atoms with Gasteiger partial charge in [-0.05, 0) is 23.8 Å². The van der Waals surface area contributed by atoms with E-state index in [2.05, 4.69) is 9.83 Å². The van der Waals surface area contributed by atoms with Crippen LogP contribution in [0.5, 0.6) is 5.75 Å². The van der Waals surface area contributed by atoms with Crippen molar-refractivity contribution >= 4 is 5.82 Å². The van der Waals surface area contributed by atoms with E-state index >= 15 is 0 Å². The summed E-state index contributed by atoms with van der Waals surface area (Å²) in [5, 5.41) is 0. The summed E-state index contributed by atoms with van der Waals surface area (Å²) in [6.45, 7) is 7.06. The molecule has 0 bridgehead atoms. The number of nitrogens with zero attached hydrogens (tertiary/aromatic N) is 2. The number of benzene rings is 1. The zero-order valence-electron chi connectivity index (χ0n) is 8.84. The zero-order valence-corrected chi connectivity index (χ0v) is 8.84. The fourth-order valence-corrected chi connectivity index (χ4v) is 1.50. The lowest BCUT2D eigenvalue weighted by Gasteiger charge is -2.05. The van der Waals surface area contributed by atoms with Crippen molar-refractivity contribution in [2.45, 2.75) is 0 Å². The molecule has 0 N–H and O–H groups in total. The highest BCUT2D eigenvalue weighted by Crippen LogP contribution is 2.30. The highest BCUT2D eigenvalue weighted by molar-refractivity contribution is 5.76. The second-order valence-electron chi connectivity index (χ2n) is 3.22. The Morgan fingerprint density at radius 3 is 2.88 bits per heavy atom. The Balaban J connectivity index is 2.55. The molecule has 3 heteroatoms. The summed E-state index contributed by atoms with van der Waals surface area (Å²) < 4.78 is 5.15. The van der Waals surface area contributed by atoms with Gasteiger partial charge in [0.05, 0.1) is 7.11 Å². The van der Waals surface area contributed by atoms with Gasteiger partial charge >= 0.3 is 0 Å². The summed E-state index contributed by atoms with van der Waals surface area (Å²) in [6.07, 6.45) is 1.62. The molecule has 1 aromatic heterocycles. The van der Waals surface area contributed by atoms with Crippen LogP contribution in [0.25, 0.3) is 16.0 Å². The van der Waals surface area contributed by atoms with E-state index in [0.29, 0.717) is 5.82 Å². The largest absolute Gasteiger partial charge is 0.497 e. The SMILES string of the molecule is [C-]#[N+]c1ncccc1-c1cccc(OC)c1. The van der Waals surface area contributed by atoms with Gasteiger partial charge in [0.2, 0.25) is 0 Å². The normalized spacial score (nSPS) is 9.50. The molecule has 0 spiro atoms. The first-order valence-electron chi connectivity index (χ1n) is 4.82. The van der Waals surface area contributed by atoms with E-state index in [9.17, 15) is 0 Å². The van der Waals surface area contributed by atoms with Crippen LogP contribution in [0.2, 0.25) is 0 Å². The lowest BCUT2D eigenvalue weighted by molar-refractivity contribution is 0.415. The molecular formula is C13H10N2O. The van der Waals surface area contributed by atoms with Crippen LogP contribution < -0.4 is 4.74 Å². The molecule has 0 unspecified atom stereocenters. The van der Waals surface area contributed by atoms with Crippen LogP contribution >= 0.6 is 0 Å². The minimum Gasteiger partial charge on any atom is -0.497 e. The highest BCUT2D eigenvalue weighted by Gasteiger charge is 2.05. The van der Waals surface area contributed by atoms with E-state index in [4.69, 9.17) is 11.3 Å². The van der Waals surface area contributed by atoms with Gasteiger partial charge in [0.25, 0.3) is 5.82 Å². The van der Waals surface area contributed by atoms with Crippen molar-refractivity contribution in [1.82, 2.24) is 4.98 Å². The molecule has 0 saturated carbocycles. The predicted octanol–water partition coefficient (Wildman–Crippen LogP) is 3.31. The molecule has 1 heterocycles. The molecule has 0 saturated heterocycles. The van der Waals surface area contributed by atoms with Gasteiger partial charge in [-0.25, -0.2) is 0 Å². The van der Waals surface area contributed by atoms with Gasteiger partial charge in [0.15, 0.2) is 0 Å². The van der Waals surface area contributed by atoms with E-state index in [1.165, 1.54) is 0 Å². The molecule has 0 fully saturated rings. The number of hydrogen-bond donors (Lipinski definition) is 0. The number of pyridine rings is 1. The first-order valence-corrected chi connectivity index (χ1v) is 4.82. The van der Waals surface area contributed by atoms with Crippen LogP contribution in [-0.4, -0.2) is 12.1 Å². The third-order valence-corrected chi connectivity index (χ3v) is 2.27. The van der Waals surface area contributed by atoms with E-state index in [1.54, 1.807) is 13.3 Å². The Morgan fingerprint density at radius 1 is 1.25 bits per heavy atom. The molecular weight excluding hydrogens is 200 g/mol. The fourth-order valence-electron chi connectivity index (χ4n) is 1.50. The van der Waals surface area contributed by atoms with Gasteiger partial charge in [-0.15, -0.1) is 4.98 Å². The Hall–Kier alpha value is -2.34. The van der Waals surface area contributed by atoms with Gasteiger partial charge in [-0.2, -0.15) is 0 Å². The van der Waals surface area contributed by atoms with E-state index < -0.39 is 0 Å². The van der Waals surface area contributed by atoms with Crippen LogP contribution in [0.4, 0.5) is 5.82 Å². The van der Waals surface area contributed by atoms with Crippen molar-refractivity contribution in [3.8, 4) is 16.9 Å². The van der Waals surface area contributed by atoms with Gasteiger partial charge < -0.3 is 9.58 Å². The average molecular weight is 210 g/mol. The predicted molar refractivity (Wildman–Crippen MR) is 62.5 cm³/mol. The second-order valence-corrected chi connectivity index (χ2v) is 3.22. The van der Waals surface area contributed by atoms with Crippen molar-refractivity contribution in [2.24, 2.45) is 0 Å². The molecule has 0 aliphatic heterocycles. The van der Waals surface area contributed by atoms with Crippen molar-refractivity contribution in [3.05, 3.63) is 54.0 Å². The van der Waals surface area contributed by atoms with Crippen molar-refractivity contribution in [3.63, 3.8) is 0 Å². The Kier molecular flexibility index (Phi) is 2.84. The third kappa shape index (κ3) is 1.86. The summed E-state index contributed by atoms with van der Waals surface area (Å²) in [6, 6.07) is 11.3. The van der Waals surface area contributed by atoms with Crippen LogP contribution in [0, 0.1) is 6.57 Å². The maximum absolute atomic E-state index is 7.06. The third-order valence-electron chi connectivity index (χ3n) is 2.27. The zero-order chi connectivity index (χ0) is 11.4. The molecule has 0 radical (unpaired) electrons. The lowest BCUT2D eigenvalue weighted by atomic mass is 10.1. The van der Waals surface area contributed by atoms with E-state index in [-0.39, 0.29) is 0 Å². The number of ether oxygens (including phenoxy) is 1. The first kappa shape index (κ1) is 10.2. The summed E-state index contributed by atoms with van der Waals surface area (Å²) in [5.41, 5.74) is 1.77. The average Bonchev–Trinajstić information content (AvgIpc) is 2.38. The minimum atomic E-state index is 0.413. The molecule has 0 aliphatic rings. The molecule has 0 amide bonds. The molecule has 2 aromatic rings. The monoisotopic (exact) mass is 210 g/mol. The van der Waals surface area contributed by atoms with Crippen LogP contribution in [0.1, 0.15) is 0 Å². The first-order chi connectivity index (χ1) is 7.85. The topological polar surface area (TPSA) is 26.5 Å². The number of methoxy groups -OCH3 is 1. The smallest absolute Gasteiger partial charge is 0.277 e. The fraction of sp³-hybridized carbons (Fsp3) is 0.0769. The quantitative estimate of drug-likeness (QED) is 0.711. The van der Waals surface area contributed by atoms with Gasteiger partial charge in [-0.1, -0.05) is 24.8 Å². The number of aromatic nitrogens is 1. The summed E-state index contributed by atoms with van der Waals surface area (Å²) in [4.78, 5) is 7.43. The Labute approximate surface area is 94.2 Å². The molecule has 16 heavy (non-hydrogen) atoms. The molecule has 2 rings (SSSR count). The molecule has 3 nitrogen and oxygen atoms in total. The molecule has 78 valence electrons. The van der Waals surface area contributed by atoms with Gasteiger partial charge in [0.1, 0.15) is 11.9 Å². The highest BCUT2D eigenvalue weighted by atomic mass is 16.5. The maximum Gasteiger partial charge on any atom is 0.277 e. The molecule has 0 aliphatic carbocycles. The maximum atomic E-state index is 7.06. The second kappa shape index (κ2) is 4.45. The standard InChI is InChI=1S/C13H10N2O/c1-14-13-12(7-4-8-15-13)10-5-3-6-11(9-10)16-2/h3-9H,2H3. The van der Waals surface area contributed by atoms with E-state index in [1.807, 2.05) is 36.4 Å². The number of rotatable bonds is 2. The summed E-state index contributed by atoms with van der Waals surface area (Å²) in [7, 11) is 1.62. The Morgan fingerprint density at radius 2 is 2.12 bits per heavy atom. The Bertz CT molecular complexity index is 544. The number of hydrogen-bond acceptors (Lipinski definition) is 2. The van der Waals surface area contributed by atoms with E-state index in [0.717, 1.165) is 16.9 Å². The van der Waals surface area contributed by atoms with Crippen molar-refractivity contribution < 1.29 is 4.74 Å². The van der Waals surface area contributed by atoms with Crippen LogP contribution in [0.3, 0.4) is 0 Å². The van der Waals surface area contributed by atoms with Crippen molar-refractivity contribution in [1.29, 1.82) is 0 Å². The summed E-state index contributed by atoms with van der Waals surface area (Å²) in [5.74, 6) is 1.19. The van der Waals surface area contributed by atoms with Crippen LogP contribution in [-0.2, 0) is 0 Å². The van der Waals surface area contributed by atoms with Crippen molar-refractivity contribution in [2.75, 3.05) is 7.11 Å². The van der Waals surface area contributed by atoms with Gasteiger partial charge in [-0.3, -0.25) is 0 Å². The van der Waals surface area contributed by atoms with Gasteiger partial charge in [0, 0.05) is 5.56 Å². The van der Waals surface area contributed by atoms with Crippen LogP contribution in [0.15, 0.2) is 42.6 Å².